The van der Waals surface area contributed by atoms with Gasteiger partial charge in [0.15, 0.2) is 5.16 Å². The van der Waals surface area contributed by atoms with Gasteiger partial charge < -0.3 is 9.88 Å². The lowest BCUT2D eigenvalue weighted by Crippen LogP contribution is -2.13. The molecule has 0 unspecified atom stereocenters. The van der Waals surface area contributed by atoms with Gasteiger partial charge in [-0.1, -0.05) is 17.8 Å². The third-order valence-electron chi connectivity index (χ3n) is 3.26. The van der Waals surface area contributed by atoms with Crippen LogP contribution in [0.4, 0.5) is 11.4 Å². The normalized spacial score (nSPS) is 10.5. The van der Waals surface area contributed by atoms with Crippen LogP contribution in [0.2, 0.25) is 0 Å². The van der Waals surface area contributed by atoms with E-state index in [1.807, 2.05) is 11.5 Å². The summed E-state index contributed by atoms with van der Waals surface area (Å²) in [6, 6.07) is 4.62. The van der Waals surface area contributed by atoms with Crippen LogP contribution in [0.5, 0.6) is 0 Å². The Morgan fingerprint density at radius 2 is 2.26 bits per heavy atom. The van der Waals surface area contributed by atoms with Gasteiger partial charge in [-0.25, -0.2) is 0 Å². The van der Waals surface area contributed by atoms with Gasteiger partial charge >= 0.3 is 0 Å². The van der Waals surface area contributed by atoms with Crippen LogP contribution in [0.3, 0.4) is 0 Å². The van der Waals surface area contributed by atoms with Crippen molar-refractivity contribution in [3.63, 3.8) is 0 Å². The van der Waals surface area contributed by atoms with Crippen molar-refractivity contribution < 1.29 is 9.72 Å². The van der Waals surface area contributed by atoms with Crippen LogP contribution in [0.1, 0.15) is 18.9 Å². The van der Waals surface area contributed by atoms with E-state index >= 15 is 0 Å². The maximum absolute atomic E-state index is 12.0. The van der Waals surface area contributed by atoms with Crippen LogP contribution in [-0.4, -0.2) is 31.3 Å². The zero-order chi connectivity index (χ0) is 16.8. The number of aromatic nitrogens is 3. The maximum atomic E-state index is 12.0. The van der Waals surface area contributed by atoms with Crippen molar-refractivity contribution in [2.45, 2.75) is 32.0 Å². The van der Waals surface area contributed by atoms with Gasteiger partial charge in [-0.15, -0.1) is 10.2 Å². The summed E-state index contributed by atoms with van der Waals surface area (Å²) in [5.74, 6) is 0.363. The van der Waals surface area contributed by atoms with Gasteiger partial charge in [0.25, 0.3) is 5.69 Å². The predicted octanol–water partition coefficient (Wildman–Crippen LogP) is 2.64. The second-order valence-electron chi connectivity index (χ2n) is 4.75. The number of nitrogens with one attached hydrogen (secondary N) is 1. The number of nitrogens with zero attached hydrogens (tertiary/aromatic N) is 4. The molecule has 1 N–H and O–H groups in total. The smallest absolute Gasteiger partial charge is 0.274 e. The molecule has 1 aromatic carbocycles. The number of hydrogen-bond donors (Lipinski definition) is 1. The van der Waals surface area contributed by atoms with Crippen LogP contribution < -0.4 is 5.32 Å². The van der Waals surface area contributed by atoms with Crippen LogP contribution >= 0.6 is 11.8 Å². The molecule has 0 spiro atoms. The summed E-state index contributed by atoms with van der Waals surface area (Å²) >= 11 is 1.45. The van der Waals surface area contributed by atoms with Crippen molar-refractivity contribution in [2.24, 2.45) is 0 Å². The molecule has 9 heteroatoms. The van der Waals surface area contributed by atoms with Gasteiger partial charge in [0.05, 0.1) is 16.2 Å². The van der Waals surface area contributed by atoms with Crippen molar-refractivity contribution in [1.29, 1.82) is 0 Å². The van der Waals surface area contributed by atoms with Gasteiger partial charge in [0, 0.05) is 24.8 Å². The van der Waals surface area contributed by atoms with E-state index < -0.39 is 4.92 Å². The number of amides is 1. The summed E-state index contributed by atoms with van der Waals surface area (Å²) in [4.78, 5) is 22.4. The molecule has 0 aliphatic carbocycles. The number of aryl methyl sites for hydroxylation is 1. The predicted molar refractivity (Wildman–Crippen MR) is 87.5 cm³/mol. The van der Waals surface area contributed by atoms with E-state index in [4.69, 9.17) is 0 Å². The van der Waals surface area contributed by atoms with Crippen molar-refractivity contribution >= 4 is 29.0 Å². The second-order valence-corrected chi connectivity index (χ2v) is 5.82. The Balaban J connectivity index is 1.90. The third kappa shape index (κ3) is 4.28. The molecule has 0 radical (unpaired) electrons. The molecule has 0 saturated heterocycles. The van der Waals surface area contributed by atoms with E-state index in [-0.39, 0.29) is 18.0 Å². The average molecular weight is 335 g/mol. The van der Waals surface area contributed by atoms with Gasteiger partial charge in [-0.3, -0.25) is 14.9 Å². The van der Waals surface area contributed by atoms with Crippen LogP contribution in [0, 0.1) is 17.0 Å². The number of thioether (sulfide) groups is 1. The SMILES string of the molecule is CCn1cnnc1SCCC(=O)Nc1cccc([N+](=O)[O-])c1C. The van der Waals surface area contributed by atoms with E-state index in [0.717, 1.165) is 11.7 Å². The zero-order valence-corrected chi connectivity index (χ0v) is 13.7. The topological polar surface area (TPSA) is 103 Å². The highest BCUT2D eigenvalue weighted by atomic mass is 32.2. The minimum Gasteiger partial charge on any atom is -0.326 e. The summed E-state index contributed by atoms with van der Waals surface area (Å²) in [5, 5.41) is 22.2. The van der Waals surface area contributed by atoms with Crippen LogP contribution in [-0.2, 0) is 11.3 Å². The highest BCUT2D eigenvalue weighted by Gasteiger charge is 2.15. The number of rotatable bonds is 7. The molecule has 1 amide bonds. The number of carbonyl (C=O) groups excluding carboxylic acids is 1. The standard InChI is InChI=1S/C14H17N5O3S/c1-3-18-9-15-17-14(18)23-8-7-13(20)16-11-5-4-6-12(10(11)2)19(21)22/h4-6,9H,3,7-8H2,1-2H3,(H,16,20). The first-order valence-electron chi connectivity index (χ1n) is 7.07. The van der Waals surface area contributed by atoms with Gasteiger partial charge in [0.2, 0.25) is 5.91 Å². The monoisotopic (exact) mass is 335 g/mol. The number of benzene rings is 1. The van der Waals surface area contributed by atoms with Crippen LogP contribution in [0.15, 0.2) is 29.7 Å². The second kappa shape index (κ2) is 7.73. The van der Waals surface area contributed by atoms with E-state index in [0.29, 0.717) is 17.0 Å². The fraction of sp³-hybridized carbons (Fsp3) is 0.357. The van der Waals surface area contributed by atoms with Gasteiger partial charge in [0.1, 0.15) is 6.33 Å². The Labute approximate surface area is 137 Å². The first-order valence-corrected chi connectivity index (χ1v) is 8.06. The van der Waals surface area contributed by atoms with Crippen molar-refractivity contribution in [1.82, 2.24) is 14.8 Å². The molecule has 0 aliphatic heterocycles. The molecule has 8 nitrogen and oxygen atoms in total. The first kappa shape index (κ1) is 16.9. The molecule has 0 fully saturated rings. The Morgan fingerprint density at radius 3 is 2.96 bits per heavy atom. The quantitative estimate of drug-likeness (QED) is 0.474. The molecule has 2 rings (SSSR count). The largest absolute Gasteiger partial charge is 0.326 e. The highest BCUT2D eigenvalue weighted by Crippen LogP contribution is 2.25. The molecule has 2 aromatic rings. The van der Waals surface area contributed by atoms with Crippen molar-refractivity contribution in [3.05, 3.63) is 40.2 Å². The molecule has 23 heavy (non-hydrogen) atoms. The van der Waals surface area contributed by atoms with E-state index in [1.54, 1.807) is 25.4 Å². The summed E-state index contributed by atoms with van der Waals surface area (Å²) in [6.45, 7) is 4.38. The van der Waals surface area contributed by atoms with E-state index in [2.05, 4.69) is 15.5 Å². The summed E-state index contributed by atoms with van der Waals surface area (Å²) in [5.41, 5.74) is 0.906. The number of nitro groups is 1. The minimum absolute atomic E-state index is 0.00628. The summed E-state index contributed by atoms with van der Waals surface area (Å²) in [7, 11) is 0. The molecule has 122 valence electrons. The Morgan fingerprint density at radius 1 is 1.48 bits per heavy atom. The molecular weight excluding hydrogens is 318 g/mol. The fourth-order valence-electron chi connectivity index (χ4n) is 1.98. The Hall–Kier alpha value is -2.42. The number of nitro benzene ring substituents is 1. The highest BCUT2D eigenvalue weighted by molar-refractivity contribution is 7.99. The lowest BCUT2D eigenvalue weighted by atomic mass is 10.1. The molecule has 0 aliphatic rings. The maximum Gasteiger partial charge on any atom is 0.274 e. The van der Waals surface area contributed by atoms with Crippen LogP contribution in [0.25, 0.3) is 0 Å². The Kier molecular flexibility index (Phi) is 5.69. The molecule has 0 bridgehead atoms. The molecule has 0 atom stereocenters. The summed E-state index contributed by atoms with van der Waals surface area (Å²) in [6.07, 6.45) is 1.93. The fourth-order valence-corrected chi connectivity index (χ4v) is 2.89. The first-order chi connectivity index (χ1) is 11.0. The molecule has 1 aromatic heterocycles. The lowest BCUT2D eigenvalue weighted by Gasteiger charge is -2.08. The third-order valence-corrected chi connectivity index (χ3v) is 4.24. The number of carbonyl (C=O) groups is 1. The van der Waals surface area contributed by atoms with Gasteiger partial charge in [-0.05, 0) is 19.9 Å². The van der Waals surface area contributed by atoms with Crippen molar-refractivity contribution in [3.8, 4) is 0 Å². The lowest BCUT2D eigenvalue weighted by molar-refractivity contribution is -0.385. The number of hydrogen-bond acceptors (Lipinski definition) is 6. The molecular formula is C14H17N5O3S. The Bertz CT molecular complexity index is 716. The van der Waals surface area contributed by atoms with Crippen molar-refractivity contribution in [2.75, 3.05) is 11.1 Å². The zero-order valence-electron chi connectivity index (χ0n) is 12.9. The van der Waals surface area contributed by atoms with Gasteiger partial charge in [-0.2, -0.15) is 0 Å². The average Bonchev–Trinajstić information content (AvgIpc) is 2.96. The van der Waals surface area contributed by atoms with E-state index in [9.17, 15) is 14.9 Å². The molecule has 0 saturated carbocycles. The summed E-state index contributed by atoms with van der Waals surface area (Å²) < 4.78 is 1.90. The molecule has 1 heterocycles. The number of anilines is 1. The minimum atomic E-state index is -0.460. The van der Waals surface area contributed by atoms with E-state index in [1.165, 1.54) is 17.8 Å².